The van der Waals surface area contributed by atoms with Crippen LogP contribution >= 0.6 is 11.8 Å². The van der Waals surface area contributed by atoms with E-state index in [1.165, 1.54) is 11.5 Å². The first-order valence-electron chi connectivity index (χ1n) is 6.39. The van der Waals surface area contributed by atoms with Crippen LogP contribution in [0.5, 0.6) is 0 Å². The highest BCUT2D eigenvalue weighted by atomic mass is 32.2. The van der Waals surface area contributed by atoms with Crippen molar-refractivity contribution in [3.8, 4) is 0 Å². The standard InChI is InChI=1S/C14H18N2OS/c17-14(10-16-5-7-18-8-6-16)12-9-15-13-4-2-1-3-11(12)13/h1-4,9,14-15,17H,5-8,10H2/t14-/m1/s1. The Morgan fingerprint density at radius 2 is 2.06 bits per heavy atom. The number of β-amino-alcohol motifs (C(OH)–C–C–N with tert-alkyl or cyclic N) is 1. The molecule has 0 unspecified atom stereocenters. The number of aliphatic hydroxyl groups excluding tert-OH is 1. The van der Waals surface area contributed by atoms with Gasteiger partial charge in [-0.05, 0) is 6.07 Å². The van der Waals surface area contributed by atoms with Crippen molar-refractivity contribution in [3.05, 3.63) is 36.0 Å². The number of nitrogens with one attached hydrogen (secondary N) is 1. The Morgan fingerprint density at radius 1 is 1.28 bits per heavy atom. The van der Waals surface area contributed by atoms with Crippen molar-refractivity contribution in [3.63, 3.8) is 0 Å². The summed E-state index contributed by atoms with van der Waals surface area (Å²) in [6, 6.07) is 8.14. The number of aromatic nitrogens is 1. The van der Waals surface area contributed by atoms with Crippen molar-refractivity contribution in [1.82, 2.24) is 9.88 Å². The maximum atomic E-state index is 10.4. The fourth-order valence-corrected chi connectivity index (χ4v) is 3.48. The average molecular weight is 262 g/mol. The van der Waals surface area contributed by atoms with Gasteiger partial charge in [0.25, 0.3) is 0 Å². The van der Waals surface area contributed by atoms with Crippen LogP contribution in [0.2, 0.25) is 0 Å². The van der Waals surface area contributed by atoms with Crippen LogP contribution < -0.4 is 0 Å². The molecular formula is C14H18N2OS. The van der Waals surface area contributed by atoms with E-state index in [2.05, 4.69) is 16.0 Å². The maximum Gasteiger partial charge on any atom is 0.0937 e. The smallest absolute Gasteiger partial charge is 0.0937 e. The van der Waals surface area contributed by atoms with E-state index in [0.717, 1.165) is 36.1 Å². The number of thioether (sulfide) groups is 1. The van der Waals surface area contributed by atoms with Crippen LogP contribution in [0.25, 0.3) is 10.9 Å². The lowest BCUT2D eigenvalue weighted by molar-refractivity contribution is 0.120. The van der Waals surface area contributed by atoms with Crippen LogP contribution in [-0.2, 0) is 0 Å². The Bertz CT molecular complexity index is 519. The van der Waals surface area contributed by atoms with Crippen molar-refractivity contribution in [2.24, 2.45) is 0 Å². The molecule has 96 valence electrons. The fourth-order valence-electron chi connectivity index (χ4n) is 2.50. The second-order valence-corrected chi connectivity index (χ2v) is 5.94. The molecule has 1 aromatic carbocycles. The third kappa shape index (κ3) is 2.41. The number of H-pyrrole nitrogens is 1. The zero-order valence-electron chi connectivity index (χ0n) is 10.3. The van der Waals surface area contributed by atoms with Gasteiger partial charge < -0.3 is 10.1 Å². The predicted octanol–water partition coefficient (Wildman–Crippen LogP) is 2.25. The second-order valence-electron chi connectivity index (χ2n) is 4.72. The summed E-state index contributed by atoms with van der Waals surface area (Å²) in [7, 11) is 0. The molecule has 3 rings (SSSR count). The third-order valence-corrected chi connectivity index (χ3v) is 4.46. The highest BCUT2D eigenvalue weighted by molar-refractivity contribution is 7.99. The van der Waals surface area contributed by atoms with Gasteiger partial charge in [-0.15, -0.1) is 0 Å². The molecule has 2 N–H and O–H groups in total. The number of hydrogen-bond donors (Lipinski definition) is 2. The van der Waals surface area contributed by atoms with Crippen molar-refractivity contribution < 1.29 is 5.11 Å². The number of hydrogen-bond acceptors (Lipinski definition) is 3. The van der Waals surface area contributed by atoms with Gasteiger partial charge in [0.15, 0.2) is 0 Å². The number of para-hydroxylation sites is 1. The maximum absolute atomic E-state index is 10.4. The summed E-state index contributed by atoms with van der Waals surface area (Å²) in [5, 5.41) is 11.5. The Balaban J connectivity index is 1.76. The van der Waals surface area contributed by atoms with Crippen LogP contribution in [0.15, 0.2) is 30.5 Å². The highest BCUT2D eigenvalue weighted by Gasteiger charge is 2.18. The van der Waals surface area contributed by atoms with E-state index in [9.17, 15) is 5.11 Å². The molecule has 1 aliphatic rings. The molecule has 0 bridgehead atoms. The molecule has 0 aliphatic carbocycles. The molecule has 0 saturated carbocycles. The van der Waals surface area contributed by atoms with Crippen LogP contribution in [0, 0.1) is 0 Å². The Labute approximate surface area is 111 Å². The molecule has 1 fully saturated rings. The Kier molecular flexibility index (Phi) is 3.59. The van der Waals surface area contributed by atoms with Gasteiger partial charge >= 0.3 is 0 Å². The Hall–Kier alpha value is -0.970. The molecule has 2 heterocycles. The summed E-state index contributed by atoms with van der Waals surface area (Å²) in [6.45, 7) is 2.91. The third-order valence-electron chi connectivity index (χ3n) is 3.52. The summed E-state index contributed by atoms with van der Waals surface area (Å²) in [5.41, 5.74) is 2.12. The van der Waals surface area contributed by atoms with Crippen LogP contribution in [0.4, 0.5) is 0 Å². The quantitative estimate of drug-likeness (QED) is 0.891. The summed E-state index contributed by atoms with van der Waals surface area (Å²) < 4.78 is 0. The van der Waals surface area contributed by atoms with Gasteiger partial charge in [-0.2, -0.15) is 11.8 Å². The van der Waals surface area contributed by atoms with E-state index in [1.54, 1.807) is 0 Å². The fraction of sp³-hybridized carbons (Fsp3) is 0.429. The van der Waals surface area contributed by atoms with E-state index in [4.69, 9.17) is 0 Å². The largest absolute Gasteiger partial charge is 0.387 e. The molecule has 18 heavy (non-hydrogen) atoms. The van der Waals surface area contributed by atoms with Gasteiger partial charge in [0.2, 0.25) is 0 Å². The molecule has 0 radical (unpaired) electrons. The van der Waals surface area contributed by atoms with Gasteiger partial charge in [-0.3, -0.25) is 4.90 Å². The van der Waals surface area contributed by atoms with Gasteiger partial charge in [-0.25, -0.2) is 0 Å². The SMILES string of the molecule is O[C@H](CN1CCSCC1)c1c[nH]c2ccccc12. The number of aliphatic hydroxyl groups is 1. The first-order valence-corrected chi connectivity index (χ1v) is 7.54. The number of benzene rings is 1. The summed E-state index contributed by atoms with van der Waals surface area (Å²) >= 11 is 2.00. The lowest BCUT2D eigenvalue weighted by atomic mass is 10.1. The molecule has 0 spiro atoms. The zero-order valence-corrected chi connectivity index (χ0v) is 11.1. The topological polar surface area (TPSA) is 39.3 Å². The number of rotatable bonds is 3. The summed E-state index contributed by atoms with van der Waals surface area (Å²) in [6.07, 6.45) is 1.54. The Morgan fingerprint density at radius 3 is 2.89 bits per heavy atom. The van der Waals surface area contributed by atoms with E-state index >= 15 is 0 Å². The van der Waals surface area contributed by atoms with Gasteiger partial charge in [0, 0.05) is 53.8 Å². The second kappa shape index (κ2) is 5.34. The predicted molar refractivity (Wildman–Crippen MR) is 77.0 cm³/mol. The monoisotopic (exact) mass is 262 g/mol. The molecule has 0 amide bonds. The van der Waals surface area contributed by atoms with Crippen LogP contribution in [0.1, 0.15) is 11.7 Å². The number of aromatic amines is 1. The minimum Gasteiger partial charge on any atom is -0.387 e. The highest BCUT2D eigenvalue weighted by Crippen LogP contribution is 2.25. The molecule has 4 heteroatoms. The average Bonchev–Trinajstić information content (AvgIpc) is 2.84. The van der Waals surface area contributed by atoms with Crippen molar-refractivity contribution in [2.75, 3.05) is 31.1 Å². The molecule has 1 aromatic heterocycles. The van der Waals surface area contributed by atoms with Crippen LogP contribution in [0.3, 0.4) is 0 Å². The first kappa shape index (κ1) is 12.1. The lowest BCUT2D eigenvalue weighted by Crippen LogP contribution is -2.35. The molecule has 3 nitrogen and oxygen atoms in total. The summed E-state index contributed by atoms with van der Waals surface area (Å²) in [5.74, 6) is 2.36. The molecule has 1 aliphatic heterocycles. The molecule has 1 atom stereocenters. The zero-order chi connectivity index (χ0) is 12.4. The van der Waals surface area contributed by atoms with E-state index < -0.39 is 6.10 Å². The lowest BCUT2D eigenvalue weighted by Gasteiger charge is -2.28. The van der Waals surface area contributed by atoms with Gasteiger partial charge in [0.05, 0.1) is 6.10 Å². The van der Waals surface area contributed by atoms with E-state index in [0.29, 0.717) is 0 Å². The van der Waals surface area contributed by atoms with E-state index in [1.807, 2.05) is 36.2 Å². The van der Waals surface area contributed by atoms with Crippen molar-refractivity contribution in [2.45, 2.75) is 6.10 Å². The summed E-state index contributed by atoms with van der Waals surface area (Å²) in [4.78, 5) is 5.57. The molecule has 1 saturated heterocycles. The number of fused-ring (bicyclic) bond motifs is 1. The number of nitrogens with zero attached hydrogens (tertiary/aromatic N) is 1. The van der Waals surface area contributed by atoms with Gasteiger partial charge in [0.1, 0.15) is 0 Å². The van der Waals surface area contributed by atoms with Crippen LogP contribution in [-0.4, -0.2) is 46.1 Å². The van der Waals surface area contributed by atoms with Crippen molar-refractivity contribution >= 4 is 22.7 Å². The molecular weight excluding hydrogens is 244 g/mol. The van der Waals surface area contributed by atoms with Gasteiger partial charge in [-0.1, -0.05) is 18.2 Å². The minimum atomic E-state index is -0.399. The van der Waals surface area contributed by atoms with E-state index in [-0.39, 0.29) is 0 Å². The minimum absolute atomic E-state index is 0.399. The first-order chi connectivity index (χ1) is 8.84. The normalized spacial score (nSPS) is 19.2. The molecule has 2 aromatic rings. The van der Waals surface area contributed by atoms with Crippen molar-refractivity contribution in [1.29, 1.82) is 0 Å².